The molecule has 0 aliphatic heterocycles. The van der Waals surface area contributed by atoms with Crippen molar-refractivity contribution in [1.82, 2.24) is 0 Å². The van der Waals surface area contributed by atoms with Gasteiger partial charge in [0.05, 0.1) is 17.8 Å². The Morgan fingerprint density at radius 1 is 1.00 bits per heavy atom. The van der Waals surface area contributed by atoms with Crippen LogP contribution < -0.4 is 0 Å². The lowest BCUT2D eigenvalue weighted by Gasteiger charge is -2.47. The molecule has 0 bridgehead atoms. The Labute approximate surface area is 207 Å². The molecule has 194 valence electrons. The van der Waals surface area contributed by atoms with Gasteiger partial charge in [0, 0.05) is 23.5 Å². The molecule has 0 aromatic rings. The Balaban J connectivity index is 1.55. The average Bonchev–Trinajstić information content (AvgIpc) is 3.15. The predicted octanol–water partition coefficient (Wildman–Crippen LogP) is 5.40. The maximum atomic E-state index is 10.8. The van der Waals surface area contributed by atoms with E-state index in [9.17, 15) is 20.4 Å². The van der Waals surface area contributed by atoms with Crippen LogP contribution in [0, 0.1) is 35.0 Å². The predicted molar refractivity (Wildman–Crippen MR) is 138 cm³/mol. The van der Waals surface area contributed by atoms with E-state index in [2.05, 4.69) is 27.7 Å². The highest BCUT2D eigenvalue weighted by molar-refractivity contribution is 7.99. The van der Waals surface area contributed by atoms with Crippen LogP contribution in [0.2, 0.25) is 0 Å². The summed E-state index contributed by atoms with van der Waals surface area (Å²) in [7, 11) is 0. The molecule has 0 aromatic heterocycles. The van der Waals surface area contributed by atoms with Crippen molar-refractivity contribution in [1.29, 1.82) is 0 Å². The Hall–Kier alpha value is 0.190. The van der Waals surface area contributed by atoms with Crippen molar-refractivity contribution in [3.63, 3.8) is 0 Å². The molecular formula is C28H52O4S. The Bertz CT molecular complexity index is 584. The van der Waals surface area contributed by atoms with Crippen LogP contribution in [-0.4, -0.2) is 55.8 Å². The fourth-order valence-corrected chi connectivity index (χ4v) is 9.62. The van der Waals surface area contributed by atoms with Crippen molar-refractivity contribution in [3.05, 3.63) is 0 Å². The number of thioether (sulfide) groups is 1. The van der Waals surface area contributed by atoms with Gasteiger partial charge < -0.3 is 20.4 Å². The van der Waals surface area contributed by atoms with Gasteiger partial charge in [-0.25, -0.2) is 0 Å². The van der Waals surface area contributed by atoms with Gasteiger partial charge >= 0.3 is 0 Å². The smallest absolute Gasteiger partial charge is 0.0732 e. The summed E-state index contributed by atoms with van der Waals surface area (Å²) in [5.41, 5.74) is -0.0953. The van der Waals surface area contributed by atoms with Crippen LogP contribution in [-0.2, 0) is 0 Å². The van der Waals surface area contributed by atoms with Gasteiger partial charge in [-0.05, 0) is 93.3 Å². The normalized spacial score (nSPS) is 40.5. The Morgan fingerprint density at radius 2 is 1.67 bits per heavy atom. The number of aliphatic hydroxyl groups is 4. The quantitative estimate of drug-likeness (QED) is 0.316. The third-order valence-electron chi connectivity index (χ3n) is 10.4. The largest absolute Gasteiger partial charge is 0.396 e. The van der Waals surface area contributed by atoms with Crippen molar-refractivity contribution in [3.8, 4) is 0 Å². The van der Waals surface area contributed by atoms with Crippen molar-refractivity contribution in [2.24, 2.45) is 35.0 Å². The van der Waals surface area contributed by atoms with Gasteiger partial charge in [-0.1, -0.05) is 40.5 Å². The highest BCUT2D eigenvalue weighted by atomic mass is 32.2. The fraction of sp³-hybridized carbons (Fsp3) is 1.00. The summed E-state index contributed by atoms with van der Waals surface area (Å²) < 4.78 is 0. The molecule has 7 atom stereocenters. The number of hydrogen-bond acceptors (Lipinski definition) is 5. The Morgan fingerprint density at radius 3 is 2.27 bits per heavy atom. The lowest BCUT2D eigenvalue weighted by atomic mass is 9.59. The van der Waals surface area contributed by atoms with Gasteiger partial charge in [-0.2, -0.15) is 11.8 Å². The number of fused-ring (bicyclic) bond motifs is 1. The minimum absolute atomic E-state index is 0.0415. The summed E-state index contributed by atoms with van der Waals surface area (Å²) in [4.78, 5) is 0. The number of aliphatic hydroxyl groups excluding tert-OH is 3. The monoisotopic (exact) mass is 484 g/mol. The highest BCUT2D eigenvalue weighted by Gasteiger charge is 2.52. The van der Waals surface area contributed by atoms with Crippen molar-refractivity contribution in [2.75, 3.05) is 12.4 Å². The van der Waals surface area contributed by atoms with Crippen LogP contribution in [0.25, 0.3) is 0 Å². The van der Waals surface area contributed by atoms with E-state index in [1.54, 1.807) is 0 Å². The molecular weight excluding hydrogens is 432 g/mol. The van der Waals surface area contributed by atoms with E-state index in [0.717, 1.165) is 55.6 Å². The summed E-state index contributed by atoms with van der Waals surface area (Å²) in [6, 6.07) is 0. The lowest BCUT2D eigenvalue weighted by molar-refractivity contribution is -0.0566. The van der Waals surface area contributed by atoms with Crippen LogP contribution in [0.15, 0.2) is 0 Å². The lowest BCUT2D eigenvalue weighted by Crippen LogP contribution is -2.42. The van der Waals surface area contributed by atoms with E-state index in [-0.39, 0.29) is 12.5 Å². The van der Waals surface area contributed by atoms with Crippen molar-refractivity contribution >= 4 is 11.8 Å². The van der Waals surface area contributed by atoms with E-state index >= 15 is 0 Å². The first-order valence-corrected chi connectivity index (χ1v) is 15.0. The third-order valence-corrected chi connectivity index (χ3v) is 11.9. The minimum atomic E-state index is -0.516. The second-order valence-corrected chi connectivity index (χ2v) is 13.5. The summed E-state index contributed by atoms with van der Waals surface area (Å²) >= 11 is 2.00. The van der Waals surface area contributed by atoms with E-state index in [1.165, 1.54) is 38.5 Å². The van der Waals surface area contributed by atoms with Gasteiger partial charge in [0.15, 0.2) is 0 Å². The molecule has 0 amide bonds. The molecule has 0 spiro atoms. The van der Waals surface area contributed by atoms with Crippen LogP contribution in [0.1, 0.15) is 105 Å². The van der Waals surface area contributed by atoms with Gasteiger partial charge in [0.2, 0.25) is 0 Å². The zero-order valence-electron chi connectivity index (χ0n) is 21.7. The fourth-order valence-electron chi connectivity index (χ4n) is 7.96. The van der Waals surface area contributed by atoms with E-state index in [1.807, 2.05) is 11.8 Å². The molecule has 3 saturated carbocycles. The molecule has 3 fully saturated rings. The highest BCUT2D eigenvalue weighted by Crippen LogP contribution is 2.60. The molecule has 4 nitrogen and oxygen atoms in total. The summed E-state index contributed by atoms with van der Waals surface area (Å²) in [6.07, 6.45) is 11.8. The minimum Gasteiger partial charge on any atom is -0.396 e. The zero-order valence-corrected chi connectivity index (χ0v) is 22.5. The first kappa shape index (κ1) is 27.8. The zero-order chi connectivity index (χ0) is 24.2. The first-order valence-electron chi connectivity index (χ1n) is 14.0. The molecule has 0 heterocycles. The maximum Gasteiger partial charge on any atom is 0.0732 e. The Kier molecular flexibility index (Phi) is 10.1. The van der Waals surface area contributed by atoms with Gasteiger partial charge in [0.1, 0.15) is 0 Å². The van der Waals surface area contributed by atoms with E-state index in [0.29, 0.717) is 23.0 Å². The molecule has 2 unspecified atom stereocenters. The van der Waals surface area contributed by atoms with Crippen LogP contribution in [0.5, 0.6) is 0 Å². The average molecular weight is 485 g/mol. The standard InChI is InChI=1S/C28H52O4S/c1-5-28(32,6-2)18-33-19(3)23-11-12-24-21(8-7-14-27(23,24)4)10-9-20-16-25(30)22(13-15-29)26(31)17-20/h19-26,29-32H,5-18H2,1-4H3/t19-,20?,21?,22?,23?,24-,25+,26+,27+/m0/s1. The molecule has 3 aliphatic carbocycles. The summed E-state index contributed by atoms with van der Waals surface area (Å²) in [5.74, 6) is 3.42. The second-order valence-electron chi connectivity index (χ2n) is 12.1. The molecule has 3 aliphatic rings. The molecule has 33 heavy (non-hydrogen) atoms. The summed E-state index contributed by atoms with van der Waals surface area (Å²) in [5, 5.41) is 41.6. The molecule has 3 rings (SSSR count). The van der Waals surface area contributed by atoms with Gasteiger partial charge in [-0.3, -0.25) is 0 Å². The van der Waals surface area contributed by atoms with E-state index in [4.69, 9.17) is 0 Å². The van der Waals surface area contributed by atoms with Crippen LogP contribution >= 0.6 is 11.8 Å². The van der Waals surface area contributed by atoms with E-state index < -0.39 is 17.8 Å². The molecule has 5 heteroatoms. The SMILES string of the molecule is CCC(O)(CC)CS[C@@H](C)C1CC[C@H]2C(CCC3C[C@@H](O)C(CCO)[C@H](O)C3)CCC[C@]12C. The molecule has 0 aromatic carbocycles. The number of hydrogen-bond donors (Lipinski definition) is 4. The van der Waals surface area contributed by atoms with Gasteiger partial charge in [0.25, 0.3) is 0 Å². The second kappa shape index (κ2) is 12.0. The maximum absolute atomic E-state index is 10.8. The number of rotatable bonds is 11. The van der Waals surface area contributed by atoms with Crippen LogP contribution in [0.3, 0.4) is 0 Å². The molecule has 0 saturated heterocycles. The van der Waals surface area contributed by atoms with Gasteiger partial charge in [-0.15, -0.1) is 0 Å². The van der Waals surface area contributed by atoms with Crippen LogP contribution in [0.4, 0.5) is 0 Å². The third kappa shape index (κ3) is 6.31. The van der Waals surface area contributed by atoms with Crippen molar-refractivity contribution < 1.29 is 20.4 Å². The molecule has 0 radical (unpaired) electrons. The topological polar surface area (TPSA) is 80.9 Å². The van der Waals surface area contributed by atoms with Crippen molar-refractivity contribution in [2.45, 2.75) is 128 Å². The molecule has 4 N–H and O–H groups in total. The first-order chi connectivity index (χ1) is 15.7. The summed E-state index contributed by atoms with van der Waals surface area (Å²) in [6.45, 7) is 9.22.